The molecule has 2 aromatic rings. The van der Waals surface area contributed by atoms with Gasteiger partial charge in [-0.05, 0) is 25.0 Å². The highest BCUT2D eigenvalue weighted by Crippen LogP contribution is 2.29. The molecule has 5 nitrogen and oxygen atoms in total. The molecule has 22 heavy (non-hydrogen) atoms. The summed E-state index contributed by atoms with van der Waals surface area (Å²) in [5, 5.41) is 5.29. The largest absolute Gasteiger partial charge is 0.317 e. The summed E-state index contributed by atoms with van der Waals surface area (Å²) in [6.45, 7) is 0. The molecule has 2 heterocycles. The molecular formula is C14H18Cl2N4OS. The zero-order valence-electron chi connectivity index (χ0n) is 11.8. The summed E-state index contributed by atoms with van der Waals surface area (Å²) in [6.07, 6.45) is 5.25. The van der Waals surface area contributed by atoms with Crippen molar-refractivity contribution in [1.29, 1.82) is 0 Å². The van der Waals surface area contributed by atoms with Gasteiger partial charge in [-0.15, -0.1) is 36.2 Å². The Morgan fingerprint density at radius 3 is 2.59 bits per heavy atom. The summed E-state index contributed by atoms with van der Waals surface area (Å²) in [5.41, 5.74) is 6.96. The number of aromatic nitrogens is 2. The van der Waals surface area contributed by atoms with Crippen molar-refractivity contribution >= 4 is 47.2 Å². The SMILES string of the molecule is Cl.Cl.NC1(C(=O)Nc2nc(-c3ccccn3)cs2)CCCC1. The van der Waals surface area contributed by atoms with Crippen LogP contribution in [0.1, 0.15) is 25.7 Å². The number of nitrogens with one attached hydrogen (secondary N) is 1. The van der Waals surface area contributed by atoms with E-state index >= 15 is 0 Å². The average molecular weight is 361 g/mol. The molecule has 8 heteroatoms. The second kappa shape index (κ2) is 7.87. The monoisotopic (exact) mass is 360 g/mol. The van der Waals surface area contributed by atoms with Gasteiger partial charge in [0.15, 0.2) is 5.13 Å². The van der Waals surface area contributed by atoms with Gasteiger partial charge in [0.2, 0.25) is 5.91 Å². The number of anilines is 1. The predicted molar refractivity (Wildman–Crippen MR) is 93.9 cm³/mol. The van der Waals surface area contributed by atoms with Gasteiger partial charge in [-0.2, -0.15) is 0 Å². The third kappa shape index (κ3) is 3.95. The highest BCUT2D eigenvalue weighted by molar-refractivity contribution is 7.14. The number of thiazole rings is 1. The van der Waals surface area contributed by atoms with Gasteiger partial charge in [-0.1, -0.05) is 18.9 Å². The van der Waals surface area contributed by atoms with Crippen LogP contribution in [0, 0.1) is 0 Å². The summed E-state index contributed by atoms with van der Waals surface area (Å²) in [7, 11) is 0. The molecule has 3 N–H and O–H groups in total. The second-order valence-corrected chi connectivity index (χ2v) is 5.93. The number of rotatable bonds is 3. The van der Waals surface area contributed by atoms with Crippen LogP contribution in [0.15, 0.2) is 29.8 Å². The minimum absolute atomic E-state index is 0. The normalized spacial score (nSPS) is 15.5. The third-order valence-corrected chi connectivity index (χ3v) is 4.36. The van der Waals surface area contributed by atoms with Gasteiger partial charge in [0.1, 0.15) is 5.69 Å². The van der Waals surface area contributed by atoms with Crippen molar-refractivity contribution in [2.75, 3.05) is 5.32 Å². The summed E-state index contributed by atoms with van der Waals surface area (Å²) >= 11 is 1.39. The Morgan fingerprint density at radius 1 is 1.23 bits per heavy atom. The van der Waals surface area contributed by atoms with Crippen LogP contribution >= 0.6 is 36.2 Å². The summed E-state index contributed by atoms with van der Waals surface area (Å²) in [4.78, 5) is 20.8. The number of halogens is 2. The van der Waals surface area contributed by atoms with E-state index in [0.717, 1.165) is 37.1 Å². The van der Waals surface area contributed by atoms with Gasteiger partial charge in [-0.3, -0.25) is 9.78 Å². The van der Waals surface area contributed by atoms with Crippen LogP contribution < -0.4 is 11.1 Å². The maximum atomic E-state index is 12.2. The Morgan fingerprint density at radius 2 is 1.95 bits per heavy atom. The lowest BCUT2D eigenvalue weighted by atomic mass is 9.98. The molecule has 0 aliphatic heterocycles. The first-order valence-corrected chi connectivity index (χ1v) is 7.53. The van der Waals surface area contributed by atoms with E-state index in [1.807, 2.05) is 23.6 Å². The molecule has 1 aliphatic rings. The molecule has 1 fully saturated rings. The molecule has 1 aliphatic carbocycles. The van der Waals surface area contributed by atoms with Crippen molar-refractivity contribution in [2.45, 2.75) is 31.2 Å². The van der Waals surface area contributed by atoms with E-state index < -0.39 is 5.54 Å². The first kappa shape index (κ1) is 18.8. The highest BCUT2D eigenvalue weighted by atomic mass is 35.5. The first-order valence-electron chi connectivity index (χ1n) is 6.65. The Kier molecular flexibility index (Phi) is 6.74. The van der Waals surface area contributed by atoms with Crippen molar-refractivity contribution in [3.63, 3.8) is 0 Å². The minimum atomic E-state index is -0.725. The molecule has 2 aromatic heterocycles. The number of pyridine rings is 1. The van der Waals surface area contributed by atoms with Gasteiger partial charge < -0.3 is 11.1 Å². The van der Waals surface area contributed by atoms with Crippen LogP contribution in [-0.2, 0) is 4.79 Å². The zero-order valence-corrected chi connectivity index (χ0v) is 14.3. The molecule has 120 valence electrons. The highest BCUT2D eigenvalue weighted by Gasteiger charge is 2.37. The fraction of sp³-hybridized carbons (Fsp3) is 0.357. The standard InChI is InChI=1S/C14H16N4OS.2ClH/c15-14(6-2-3-7-14)12(19)18-13-17-11(9-20-13)10-5-1-4-8-16-10;;/h1,4-5,8-9H,2-3,6-7,15H2,(H,17,18,19);2*1H. The van der Waals surface area contributed by atoms with Crippen LogP contribution in [0.4, 0.5) is 5.13 Å². The lowest BCUT2D eigenvalue weighted by Crippen LogP contribution is -2.48. The van der Waals surface area contributed by atoms with E-state index in [2.05, 4.69) is 15.3 Å². The van der Waals surface area contributed by atoms with Crippen LogP contribution in [0.2, 0.25) is 0 Å². The molecule has 0 unspecified atom stereocenters. The number of carbonyl (C=O) groups is 1. The number of hydrogen-bond acceptors (Lipinski definition) is 5. The Labute approximate surface area is 145 Å². The van der Waals surface area contributed by atoms with Crippen molar-refractivity contribution in [3.8, 4) is 11.4 Å². The van der Waals surface area contributed by atoms with E-state index in [-0.39, 0.29) is 30.7 Å². The van der Waals surface area contributed by atoms with Crippen molar-refractivity contribution in [2.24, 2.45) is 5.73 Å². The number of nitrogens with two attached hydrogens (primary N) is 1. The van der Waals surface area contributed by atoms with E-state index in [9.17, 15) is 4.79 Å². The lowest BCUT2D eigenvalue weighted by molar-refractivity contribution is -0.121. The number of carbonyl (C=O) groups excluding carboxylic acids is 1. The van der Waals surface area contributed by atoms with Gasteiger partial charge in [0.25, 0.3) is 0 Å². The van der Waals surface area contributed by atoms with Crippen LogP contribution in [0.3, 0.4) is 0 Å². The van der Waals surface area contributed by atoms with E-state index in [0.29, 0.717) is 5.13 Å². The van der Waals surface area contributed by atoms with E-state index in [1.165, 1.54) is 11.3 Å². The Balaban J connectivity index is 0.00000121. The molecule has 1 amide bonds. The Hall–Kier alpha value is -1.21. The summed E-state index contributed by atoms with van der Waals surface area (Å²) < 4.78 is 0. The van der Waals surface area contributed by atoms with Crippen molar-refractivity contribution < 1.29 is 4.79 Å². The summed E-state index contributed by atoms with van der Waals surface area (Å²) in [6, 6.07) is 5.66. The zero-order chi connectivity index (χ0) is 14.0. The third-order valence-electron chi connectivity index (χ3n) is 3.60. The molecule has 0 aromatic carbocycles. The molecule has 0 saturated heterocycles. The van der Waals surface area contributed by atoms with Gasteiger partial charge in [0, 0.05) is 11.6 Å². The topological polar surface area (TPSA) is 80.9 Å². The molecule has 0 radical (unpaired) electrons. The van der Waals surface area contributed by atoms with Crippen molar-refractivity contribution in [3.05, 3.63) is 29.8 Å². The fourth-order valence-corrected chi connectivity index (χ4v) is 3.12. The molecule has 0 spiro atoms. The molecule has 0 bridgehead atoms. The van der Waals surface area contributed by atoms with E-state index in [4.69, 9.17) is 5.73 Å². The van der Waals surface area contributed by atoms with Gasteiger partial charge in [0.05, 0.1) is 11.2 Å². The number of amides is 1. The van der Waals surface area contributed by atoms with Gasteiger partial charge >= 0.3 is 0 Å². The maximum absolute atomic E-state index is 12.2. The lowest BCUT2D eigenvalue weighted by Gasteiger charge is -2.21. The average Bonchev–Trinajstić information content (AvgIpc) is 3.10. The first-order chi connectivity index (χ1) is 9.67. The maximum Gasteiger partial charge on any atom is 0.246 e. The number of nitrogens with zero attached hydrogens (tertiary/aromatic N) is 2. The smallest absolute Gasteiger partial charge is 0.246 e. The Bertz CT molecular complexity index is 614. The predicted octanol–water partition coefficient (Wildman–Crippen LogP) is 3.26. The fourth-order valence-electron chi connectivity index (χ4n) is 2.42. The molecule has 1 saturated carbocycles. The molecule has 0 atom stereocenters. The quantitative estimate of drug-likeness (QED) is 0.879. The minimum Gasteiger partial charge on any atom is -0.317 e. The molecular weight excluding hydrogens is 343 g/mol. The van der Waals surface area contributed by atoms with E-state index in [1.54, 1.807) is 6.20 Å². The molecule has 3 rings (SSSR count). The number of hydrogen-bond donors (Lipinski definition) is 2. The van der Waals surface area contributed by atoms with Crippen LogP contribution in [-0.4, -0.2) is 21.4 Å². The van der Waals surface area contributed by atoms with Gasteiger partial charge in [-0.25, -0.2) is 4.98 Å². The van der Waals surface area contributed by atoms with Crippen molar-refractivity contribution in [1.82, 2.24) is 9.97 Å². The van der Waals surface area contributed by atoms with Crippen LogP contribution in [0.5, 0.6) is 0 Å². The second-order valence-electron chi connectivity index (χ2n) is 5.07. The van der Waals surface area contributed by atoms with Crippen LogP contribution in [0.25, 0.3) is 11.4 Å². The summed E-state index contributed by atoms with van der Waals surface area (Å²) in [5.74, 6) is -0.128.